The number of nitrogens with two attached hydrogens (primary N) is 1. The summed E-state index contributed by atoms with van der Waals surface area (Å²) in [7, 11) is 0. The highest BCUT2D eigenvalue weighted by molar-refractivity contribution is 4.87. The average molecular weight is 225 g/mol. The van der Waals surface area contributed by atoms with Gasteiger partial charge in [0, 0.05) is 19.4 Å². The third-order valence-electron chi connectivity index (χ3n) is 2.82. The van der Waals surface area contributed by atoms with Gasteiger partial charge < -0.3 is 15.0 Å². The number of rotatable bonds is 6. The molecule has 0 saturated carbocycles. The lowest BCUT2D eigenvalue weighted by atomic mass is 10.1. The van der Waals surface area contributed by atoms with Gasteiger partial charge in [0.25, 0.3) is 0 Å². The van der Waals surface area contributed by atoms with E-state index >= 15 is 0 Å². The molecule has 2 heterocycles. The van der Waals surface area contributed by atoms with Gasteiger partial charge in [0.05, 0.1) is 6.10 Å². The van der Waals surface area contributed by atoms with Crippen molar-refractivity contribution in [2.75, 3.05) is 13.2 Å². The van der Waals surface area contributed by atoms with Gasteiger partial charge in [-0.15, -0.1) is 0 Å². The molecule has 0 aromatic carbocycles. The van der Waals surface area contributed by atoms with Crippen LogP contribution in [0.5, 0.6) is 0 Å². The van der Waals surface area contributed by atoms with Gasteiger partial charge in [0.2, 0.25) is 5.89 Å². The molecule has 16 heavy (non-hydrogen) atoms. The minimum atomic E-state index is 0.388. The Kier molecular flexibility index (Phi) is 4.30. The van der Waals surface area contributed by atoms with Gasteiger partial charge in [-0.05, 0) is 32.2 Å². The molecule has 90 valence electrons. The number of hydrogen-bond acceptors (Lipinski definition) is 5. The van der Waals surface area contributed by atoms with Crippen LogP contribution in [0.2, 0.25) is 0 Å². The SMILES string of the molecule is NCCCc1noc(CCC2CCCO2)n1. The Morgan fingerprint density at radius 3 is 3.06 bits per heavy atom. The van der Waals surface area contributed by atoms with E-state index < -0.39 is 0 Å². The molecule has 2 rings (SSSR count). The average Bonchev–Trinajstić information content (AvgIpc) is 2.95. The Morgan fingerprint density at radius 2 is 2.31 bits per heavy atom. The second kappa shape index (κ2) is 5.96. The lowest BCUT2D eigenvalue weighted by Crippen LogP contribution is -2.06. The second-order valence-corrected chi connectivity index (χ2v) is 4.17. The Bertz CT molecular complexity index is 308. The Labute approximate surface area is 95.3 Å². The molecule has 1 aliphatic heterocycles. The fraction of sp³-hybridized carbons (Fsp3) is 0.818. The van der Waals surface area contributed by atoms with E-state index in [1.54, 1.807) is 0 Å². The van der Waals surface area contributed by atoms with Crippen LogP contribution < -0.4 is 5.73 Å². The van der Waals surface area contributed by atoms with E-state index in [0.29, 0.717) is 12.6 Å². The predicted molar refractivity (Wildman–Crippen MR) is 59.0 cm³/mol. The molecule has 1 aromatic heterocycles. The zero-order valence-corrected chi connectivity index (χ0v) is 9.52. The maximum atomic E-state index is 5.54. The monoisotopic (exact) mass is 225 g/mol. The molecule has 5 nitrogen and oxygen atoms in total. The molecule has 0 amide bonds. The van der Waals surface area contributed by atoms with E-state index in [1.807, 2.05) is 0 Å². The fourth-order valence-corrected chi connectivity index (χ4v) is 1.91. The van der Waals surface area contributed by atoms with Crippen LogP contribution in [0.25, 0.3) is 0 Å². The van der Waals surface area contributed by atoms with Crippen LogP contribution in [0, 0.1) is 0 Å². The van der Waals surface area contributed by atoms with E-state index in [9.17, 15) is 0 Å². The van der Waals surface area contributed by atoms with E-state index in [2.05, 4.69) is 10.1 Å². The van der Waals surface area contributed by atoms with Gasteiger partial charge >= 0.3 is 0 Å². The van der Waals surface area contributed by atoms with Gasteiger partial charge in [-0.2, -0.15) is 4.98 Å². The maximum Gasteiger partial charge on any atom is 0.226 e. The molecule has 1 unspecified atom stereocenters. The molecule has 0 spiro atoms. The van der Waals surface area contributed by atoms with Crippen molar-refractivity contribution in [3.63, 3.8) is 0 Å². The first-order valence-electron chi connectivity index (χ1n) is 6.01. The molecular formula is C11H19N3O2. The van der Waals surface area contributed by atoms with Crippen molar-refractivity contribution in [2.45, 2.75) is 44.6 Å². The summed E-state index contributed by atoms with van der Waals surface area (Å²) in [6.07, 6.45) is 6.24. The minimum Gasteiger partial charge on any atom is -0.378 e. The first kappa shape index (κ1) is 11.5. The van der Waals surface area contributed by atoms with Gasteiger partial charge in [0.1, 0.15) is 0 Å². The summed E-state index contributed by atoms with van der Waals surface area (Å²) >= 11 is 0. The summed E-state index contributed by atoms with van der Waals surface area (Å²) in [4.78, 5) is 4.32. The molecule has 1 aliphatic rings. The first-order chi connectivity index (χ1) is 7.88. The van der Waals surface area contributed by atoms with Crippen LogP contribution >= 0.6 is 0 Å². The highest BCUT2D eigenvalue weighted by Gasteiger charge is 2.16. The molecule has 2 N–H and O–H groups in total. The number of aryl methyl sites for hydroxylation is 2. The van der Waals surface area contributed by atoms with Gasteiger partial charge in [0.15, 0.2) is 5.82 Å². The van der Waals surface area contributed by atoms with E-state index in [4.69, 9.17) is 15.0 Å². The summed E-state index contributed by atoms with van der Waals surface area (Å²) in [5.41, 5.74) is 5.42. The van der Waals surface area contributed by atoms with Crippen molar-refractivity contribution in [2.24, 2.45) is 5.73 Å². The Morgan fingerprint density at radius 1 is 1.38 bits per heavy atom. The molecule has 1 fully saturated rings. The highest BCUT2D eigenvalue weighted by Crippen LogP contribution is 2.17. The smallest absolute Gasteiger partial charge is 0.226 e. The zero-order valence-electron chi connectivity index (χ0n) is 9.52. The number of aromatic nitrogens is 2. The van der Waals surface area contributed by atoms with Crippen molar-refractivity contribution in [3.8, 4) is 0 Å². The van der Waals surface area contributed by atoms with Gasteiger partial charge in [-0.25, -0.2) is 0 Å². The zero-order chi connectivity index (χ0) is 11.2. The summed E-state index contributed by atoms with van der Waals surface area (Å²) in [6, 6.07) is 0. The van der Waals surface area contributed by atoms with Crippen molar-refractivity contribution in [1.82, 2.24) is 10.1 Å². The van der Waals surface area contributed by atoms with Crippen molar-refractivity contribution < 1.29 is 9.26 Å². The van der Waals surface area contributed by atoms with Crippen LogP contribution in [0.3, 0.4) is 0 Å². The lowest BCUT2D eigenvalue weighted by Gasteiger charge is -2.05. The molecule has 5 heteroatoms. The summed E-state index contributed by atoms with van der Waals surface area (Å²) in [6.45, 7) is 1.57. The topological polar surface area (TPSA) is 74.2 Å². The molecule has 0 aliphatic carbocycles. The Balaban J connectivity index is 1.73. The quantitative estimate of drug-likeness (QED) is 0.784. The minimum absolute atomic E-state index is 0.388. The summed E-state index contributed by atoms with van der Waals surface area (Å²) in [5.74, 6) is 1.50. The van der Waals surface area contributed by atoms with Gasteiger partial charge in [-0.3, -0.25) is 0 Å². The molecule has 0 radical (unpaired) electrons. The third-order valence-corrected chi connectivity index (χ3v) is 2.82. The van der Waals surface area contributed by atoms with Crippen LogP contribution in [-0.2, 0) is 17.6 Å². The van der Waals surface area contributed by atoms with Crippen molar-refractivity contribution in [1.29, 1.82) is 0 Å². The second-order valence-electron chi connectivity index (χ2n) is 4.17. The first-order valence-corrected chi connectivity index (χ1v) is 6.01. The summed E-state index contributed by atoms with van der Waals surface area (Å²) < 4.78 is 10.7. The highest BCUT2D eigenvalue weighted by atomic mass is 16.5. The van der Waals surface area contributed by atoms with Crippen LogP contribution in [0.15, 0.2) is 4.52 Å². The number of ether oxygens (including phenoxy) is 1. The largest absolute Gasteiger partial charge is 0.378 e. The molecule has 1 saturated heterocycles. The van der Waals surface area contributed by atoms with Crippen molar-refractivity contribution in [3.05, 3.63) is 11.7 Å². The maximum absolute atomic E-state index is 5.54. The van der Waals surface area contributed by atoms with Gasteiger partial charge in [-0.1, -0.05) is 5.16 Å². The predicted octanol–water partition coefficient (Wildman–Crippen LogP) is 1.07. The van der Waals surface area contributed by atoms with E-state index in [0.717, 1.165) is 50.4 Å². The van der Waals surface area contributed by atoms with E-state index in [1.165, 1.54) is 6.42 Å². The molecule has 1 atom stereocenters. The van der Waals surface area contributed by atoms with Crippen molar-refractivity contribution >= 4 is 0 Å². The normalized spacial score (nSPS) is 20.4. The number of hydrogen-bond donors (Lipinski definition) is 1. The fourth-order valence-electron chi connectivity index (χ4n) is 1.91. The van der Waals surface area contributed by atoms with E-state index in [-0.39, 0.29) is 0 Å². The molecule has 1 aromatic rings. The molecule has 0 bridgehead atoms. The van der Waals surface area contributed by atoms with Crippen LogP contribution in [-0.4, -0.2) is 29.4 Å². The third kappa shape index (κ3) is 3.28. The summed E-state index contributed by atoms with van der Waals surface area (Å²) in [5, 5.41) is 3.92. The lowest BCUT2D eigenvalue weighted by molar-refractivity contribution is 0.102. The number of nitrogens with zero attached hydrogens (tertiary/aromatic N) is 2. The van der Waals surface area contributed by atoms with Crippen LogP contribution in [0.4, 0.5) is 0 Å². The molecular weight excluding hydrogens is 206 g/mol. The standard InChI is InChI=1S/C11H19N3O2/c12-7-1-4-10-13-11(16-14-10)6-5-9-3-2-8-15-9/h9H,1-8,12H2. The Hall–Kier alpha value is -0.940. The van der Waals surface area contributed by atoms with Crippen LogP contribution in [0.1, 0.15) is 37.4 Å².